The van der Waals surface area contributed by atoms with Crippen LogP contribution in [0.2, 0.25) is 0 Å². The molecule has 1 rings (SSSR count). The predicted octanol–water partition coefficient (Wildman–Crippen LogP) is -0.334. The van der Waals surface area contributed by atoms with E-state index in [-0.39, 0.29) is 12.0 Å². The van der Waals surface area contributed by atoms with Gasteiger partial charge in [-0.2, -0.15) is 0 Å². The normalized spacial score (nSPS) is 21.4. The molecule has 0 radical (unpaired) electrons. The van der Waals surface area contributed by atoms with Gasteiger partial charge in [-0.1, -0.05) is 0 Å². The van der Waals surface area contributed by atoms with E-state index in [0.29, 0.717) is 6.54 Å². The van der Waals surface area contributed by atoms with Gasteiger partial charge in [0.2, 0.25) is 0 Å². The largest absolute Gasteiger partial charge is 0.395 e. The highest BCUT2D eigenvalue weighted by molar-refractivity contribution is 4.85. The molecule has 0 aromatic carbocycles. The summed E-state index contributed by atoms with van der Waals surface area (Å²) in [6.45, 7) is 4.27. The van der Waals surface area contributed by atoms with Crippen molar-refractivity contribution in [2.24, 2.45) is 11.1 Å². The maximum absolute atomic E-state index is 8.83. The minimum absolute atomic E-state index is 0.210. The highest BCUT2D eigenvalue weighted by atomic mass is 16.5. The molecule has 0 amide bonds. The fourth-order valence-corrected chi connectivity index (χ4v) is 2.05. The van der Waals surface area contributed by atoms with E-state index >= 15 is 0 Å². The molecule has 4 heteroatoms. The first-order valence-corrected chi connectivity index (χ1v) is 5.30. The summed E-state index contributed by atoms with van der Waals surface area (Å²) in [5.74, 6) is 0. The molecule has 1 fully saturated rings. The van der Waals surface area contributed by atoms with Crippen LogP contribution in [0.15, 0.2) is 0 Å². The Hall–Kier alpha value is -0.160. The molecule has 14 heavy (non-hydrogen) atoms. The minimum atomic E-state index is 0.210. The van der Waals surface area contributed by atoms with E-state index in [2.05, 4.69) is 4.90 Å². The molecule has 0 unspecified atom stereocenters. The molecule has 0 atom stereocenters. The van der Waals surface area contributed by atoms with E-state index in [0.717, 1.165) is 39.1 Å². The number of rotatable bonds is 5. The summed E-state index contributed by atoms with van der Waals surface area (Å²) in [6, 6.07) is 0. The van der Waals surface area contributed by atoms with Gasteiger partial charge in [-0.3, -0.25) is 0 Å². The van der Waals surface area contributed by atoms with Gasteiger partial charge in [-0.25, -0.2) is 0 Å². The first-order valence-electron chi connectivity index (χ1n) is 5.30. The topological polar surface area (TPSA) is 58.7 Å². The van der Waals surface area contributed by atoms with Gasteiger partial charge in [0.05, 0.1) is 6.61 Å². The molecule has 0 saturated carbocycles. The molecule has 0 aliphatic carbocycles. The van der Waals surface area contributed by atoms with Crippen LogP contribution < -0.4 is 5.73 Å². The van der Waals surface area contributed by atoms with E-state index < -0.39 is 0 Å². The quantitative estimate of drug-likeness (QED) is 0.641. The molecule has 1 heterocycles. The second kappa shape index (κ2) is 5.66. The van der Waals surface area contributed by atoms with Crippen LogP contribution in [0, 0.1) is 5.41 Å². The Morgan fingerprint density at radius 2 is 2.07 bits per heavy atom. The van der Waals surface area contributed by atoms with E-state index in [1.165, 1.54) is 0 Å². The summed E-state index contributed by atoms with van der Waals surface area (Å²) < 4.78 is 5.34. The van der Waals surface area contributed by atoms with Gasteiger partial charge in [0.1, 0.15) is 0 Å². The van der Waals surface area contributed by atoms with Crippen molar-refractivity contribution in [3.05, 3.63) is 0 Å². The fourth-order valence-electron chi connectivity index (χ4n) is 2.05. The summed E-state index contributed by atoms with van der Waals surface area (Å²) in [7, 11) is 2.03. The third kappa shape index (κ3) is 3.20. The van der Waals surface area contributed by atoms with Crippen LogP contribution in [0.5, 0.6) is 0 Å². The predicted molar refractivity (Wildman–Crippen MR) is 56.1 cm³/mol. The number of hydrogen-bond acceptors (Lipinski definition) is 4. The van der Waals surface area contributed by atoms with Gasteiger partial charge < -0.3 is 20.5 Å². The molecule has 0 spiro atoms. The van der Waals surface area contributed by atoms with Crippen molar-refractivity contribution >= 4 is 0 Å². The Morgan fingerprint density at radius 1 is 1.43 bits per heavy atom. The molecule has 1 aliphatic rings. The van der Waals surface area contributed by atoms with Gasteiger partial charge in [0.15, 0.2) is 0 Å². The molecule has 84 valence electrons. The van der Waals surface area contributed by atoms with Crippen LogP contribution in [-0.4, -0.2) is 56.5 Å². The van der Waals surface area contributed by atoms with Crippen molar-refractivity contribution in [1.29, 1.82) is 0 Å². The van der Waals surface area contributed by atoms with Crippen molar-refractivity contribution in [1.82, 2.24) is 4.90 Å². The highest BCUT2D eigenvalue weighted by Crippen LogP contribution is 2.29. The highest BCUT2D eigenvalue weighted by Gasteiger charge is 2.32. The molecule has 0 bridgehead atoms. The number of ether oxygens (including phenoxy) is 1. The third-order valence-corrected chi connectivity index (χ3v) is 3.07. The number of likely N-dealkylation sites (N-methyl/N-ethyl adjacent to an activating group) is 1. The Bertz CT molecular complexity index is 158. The first-order chi connectivity index (χ1) is 6.72. The van der Waals surface area contributed by atoms with Crippen molar-refractivity contribution in [3.63, 3.8) is 0 Å². The molecule has 0 aromatic heterocycles. The van der Waals surface area contributed by atoms with E-state index in [9.17, 15) is 0 Å². The SMILES string of the molecule is CN(CCO)CC1(CN)CCOCC1. The van der Waals surface area contributed by atoms with Crippen LogP contribution in [0.4, 0.5) is 0 Å². The molecular weight excluding hydrogens is 180 g/mol. The second-order valence-electron chi connectivity index (χ2n) is 4.28. The van der Waals surface area contributed by atoms with Crippen LogP contribution in [0.1, 0.15) is 12.8 Å². The Balaban J connectivity index is 2.42. The number of hydrogen-bond donors (Lipinski definition) is 2. The second-order valence-corrected chi connectivity index (χ2v) is 4.28. The van der Waals surface area contributed by atoms with Crippen LogP contribution >= 0.6 is 0 Å². The van der Waals surface area contributed by atoms with Crippen molar-refractivity contribution in [2.75, 3.05) is 46.5 Å². The average molecular weight is 202 g/mol. The van der Waals surface area contributed by atoms with Crippen LogP contribution in [-0.2, 0) is 4.74 Å². The van der Waals surface area contributed by atoms with Gasteiger partial charge in [-0.05, 0) is 31.8 Å². The maximum atomic E-state index is 8.83. The molecule has 4 nitrogen and oxygen atoms in total. The van der Waals surface area contributed by atoms with Gasteiger partial charge in [0, 0.05) is 26.3 Å². The molecule has 3 N–H and O–H groups in total. The van der Waals surface area contributed by atoms with E-state index in [1.54, 1.807) is 0 Å². The minimum Gasteiger partial charge on any atom is -0.395 e. The molecular formula is C10H22N2O2. The lowest BCUT2D eigenvalue weighted by Gasteiger charge is -2.39. The first kappa shape index (κ1) is 11.9. The van der Waals surface area contributed by atoms with E-state index in [1.807, 2.05) is 7.05 Å². The lowest BCUT2D eigenvalue weighted by atomic mass is 9.80. The molecule has 0 aromatic rings. The summed E-state index contributed by atoms with van der Waals surface area (Å²) in [5.41, 5.74) is 6.05. The zero-order valence-electron chi connectivity index (χ0n) is 9.04. The summed E-state index contributed by atoms with van der Waals surface area (Å²) >= 11 is 0. The van der Waals surface area contributed by atoms with Crippen molar-refractivity contribution in [2.45, 2.75) is 12.8 Å². The Labute approximate surface area is 86.0 Å². The number of nitrogens with two attached hydrogens (primary N) is 1. The lowest BCUT2D eigenvalue weighted by molar-refractivity contribution is 0.00203. The van der Waals surface area contributed by atoms with Crippen LogP contribution in [0.3, 0.4) is 0 Å². The molecule has 1 saturated heterocycles. The van der Waals surface area contributed by atoms with Crippen LogP contribution in [0.25, 0.3) is 0 Å². The standard InChI is InChI=1S/C10H22N2O2/c1-12(4-5-13)9-10(8-11)2-6-14-7-3-10/h13H,2-9,11H2,1H3. The van der Waals surface area contributed by atoms with Gasteiger partial charge in [-0.15, -0.1) is 0 Å². The number of aliphatic hydroxyl groups excluding tert-OH is 1. The smallest absolute Gasteiger partial charge is 0.0558 e. The number of nitrogens with zero attached hydrogens (tertiary/aromatic N) is 1. The average Bonchev–Trinajstić information content (AvgIpc) is 2.19. The lowest BCUT2D eigenvalue weighted by Crippen LogP contribution is -2.45. The van der Waals surface area contributed by atoms with Gasteiger partial charge >= 0.3 is 0 Å². The summed E-state index contributed by atoms with van der Waals surface area (Å²) in [6.07, 6.45) is 2.08. The number of aliphatic hydroxyl groups is 1. The van der Waals surface area contributed by atoms with E-state index in [4.69, 9.17) is 15.6 Å². The third-order valence-electron chi connectivity index (χ3n) is 3.07. The maximum Gasteiger partial charge on any atom is 0.0558 e. The van der Waals surface area contributed by atoms with Crippen molar-refractivity contribution in [3.8, 4) is 0 Å². The van der Waals surface area contributed by atoms with Crippen molar-refractivity contribution < 1.29 is 9.84 Å². The summed E-state index contributed by atoms with van der Waals surface area (Å²) in [4.78, 5) is 2.15. The van der Waals surface area contributed by atoms with Gasteiger partial charge in [0.25, 0.3) is 0 Å². The molecule has 1 aliphatic heterocycles. The fraction of sp³-hybridized carbons (Fsp3) is 1.00. The Kier molecular flexibility index (Phi) is 4.81. The zero-order chi connectivity index (χ0) is 10.4. The zero-order valence-corrected chi connectivity index (χ0v) is 9.04. The monoisotopic (exact) mass is 202 g/mol. The summed E-state index contributed by atoms with van der Waals surface area (Å²) in [5, 5.41) is 8.83. The Morgan fingerprint density at radius 3 is 2.57 bits per heavy atom.